The minimum atomic E-state index is 0. The van der Waals surface area contributed by atoms with Crippen LogP contribution in [0, 0.1) is 0 Å². The first-order valence-corrected chi connectivity index (χ1v) is 9.64. The van der Waals surface area contributed by atoms with Gasteiger partial charge in [-0.15, -0.1) is 24.0 Å². The first-order valence-electron chi connectivity index (χ1n) is 9.64. The Kier molecular flexibility index (Phi) is 9.57. The third-order valence-electron chi connectivity index (χ3n) is 5.05. The predicted molar refractivity (Wildman–Crippen MR) is 126 cm³/mol. The van der Waals surface area contributed by atoms with Gasteiger partial charge in [0.25, 0.3) is 0 Å². The number of aliphatic imine (C=N–C) groups is 1. The van der Waals surface area contributed by atoms with E-state index in [2.05, 4.69) is 56.9 Å². The fraction of sp³-hybridized carbons (Fsp3) is 0.409. The molecule has 2 aromatic carbocycles. The molecule has 6 heteroatoms. The Labute approximate surface area is 185 Å². The molecule has 2 N–H and O–H groups in total. The van der Waals surface area contributed by atoms with Crippen molar-refractivity contribution in [3.8, 4) is 5.75 Å². The highest BCUT2D eigenvalue weighted by Gasteiger charge is 2.24. The van der Waals surface area contributed by atoms with Gasteiger partial charge in [-0.2, -0.15) is 0 Å². The highest BCUT2D eigenvalue weighted by molar-refractivity contribution is 14.0. The smallest absolute Gasteiger partial charge is 0.191 e. The lowest BCUT2D eigenvalue weighted by Crippen LogP contribution is -2.44. The number of likely N-dealkylation sites (tertiary alicyclic amines) is 1. The number of hydrogen-bond donors (Lipinski definition) is 2. The molecule has 3 rings (SSSR count). The largest absolute Gasteiger partial charge is 0.497 e. The summed E-state index contributed by atoms with van der Waals surface area (Å²) < 4.78 is 5.28. The fourth-order valence-corrected chi connectivity index (χ4v) is 3.56. The number of halogens is 1. The summed E-state index contributed by atoms with van der Waals surface area (Å²) in [6.07, 6.45) is 2.49. The van der Waals surface area contributed by atoms with Gasteiger partial charge in [-0.3, -0.25) is 9.89 Å². The summed E-state index contributed by atoms with van der Waals surface area (Å²) in [6, 6.07) is 19.3. The van der Waals surface area contributed by atoms with Gasteiger partial charge in [0, 0.05) is 32.7 Å². The quantitative estimate of drug-likeness (QED) is 0.351. The third kappa shape index (κ3) is 6.67. The number of benzene rings is 2. The van der Waals surface area contributed by atoms with Crippen molar-refractivity contribution in [1.82, 2.24) is 15.5 Å². The minimum absolute atomic E-state index is 0. The van der Waals surface area contributed by atoms with Crippen molar-refractivity contribution >= 4 is 29.9 Å². The Morgan fingerprint density at radius 3 is 2.64 bits per heavy atom. The van der Waals surface area contributed by atoms with E-state index in [9.17, 15) is 0 Å². The molecule has 1 heterocycles. The van der Waals surface area contributed by atoms with Gasteiger partial charge >= 0.3 is 0 Å². The lowest BCUT2D eigenvalue weighted by Gasteiger charge is -2.25. The second-order valence-electron chi connectivity index (χ2n) is 6.91. The number of nitrogens with one attached hydrogen (secondary N) is 2. The number of methoxy groups -OCH3 is 1. The maximum absolute atomic E-state index is 5.28. The lowest BCUT2D eigenvalue weighted by atomic mass is 10.2. The van der Waals surface area contributed by atoms with Gasteiger partial charge in [0.05, 0.1) is 7.11 Å². The Bertz CT molecular complexity index is 738. The van der Waals surface area contributed by atoms with Crippen LogP contribution in [0.25, 0.3) is 0 Å². The minimum Gasteiger partial charge on any atom is -0.497 e. The van der Waals surface area contributed by atoms with Crippen molar-refractivity contribution in [2.75, 3.05) is 27.2 Å². The van der Waals surface area contributed by atoms with Crippen LogP contribution in [0.5, 0.6) is 5.75 Å². The van der Waals surface area contributed by atoms with Crippen LogP contribution in [-0.4, -0.2) is 44.1 Å². The molecule has 152 valence electrons. The van der Waals surface area contributed by atoms with Gasteiger partial charge in [0.15, 0.2) is 5.96 Å². The van der Waals surface area contributed by atoms with Crippen LogP contribution in [0.2, 0.25) is 0 Å². The Morgan fingerprint density at radius 2 is 1.89 bits per heavy atom. The normalized spacial score (nSPS) is 17.1. The number of nitrogens with zero attached hydrogens (tertiary/aromatic N) is 2. The maximum Gasteiger partial charge on any atom is 0.191 e. The summed E-state index contributed by atoms with van der Waals surface area (Å²) in [6.45, 7) is 3.81. The molecule has 0 spiro atoms. The third-order valence-corrected chi connectivity index (χ3v) is 5.05. The molecule has 2 aromatic rings. The van der Waals surface area contributed by atoms with Crippen LogP contribution >= 0.6 is 24.0 Å². The molecule has 1 unspecified atom stereocenters. The van der Waals surface area contributed by atoms with Crippen LogP contribution in [-0.2, 0) is 13.1 Å². The van der Waals surface area contributed by atoms with Crippen molar-refractivity contribution in [3.63, 3.8) is 0 Å². The lowest BCUT2D eigenvalue weighted by molar-refractivity contribution is 0.245. The molecule has 1 atom stereocenters. The number of guanidine groups is 1. The molecule has 28 heavy (non-hydrogen) atoms. The average molecular weight is 494 g/mol. The second-order valence-corrected chi connectivity index (χ2v) is 6.91. The van der Waals surface area contributed by atoms with Crippen molar-refractivity contribution in [2.24, 2.45) is 4.99 Å². The second kappa shape index (κ2) is 11.9. The Balaban J connectivity index is 0.00000280. The average Bonchev–Trinajstić information content (AvgIpc) is 3.16. The summed E-state index contributed by atoms with van der Waals surface area (Å²) >= 11 is 0. The molecule has 1 aliphatic heterocycles. The van der Waals surface area contributed by atoms with E-state index in [0.29, 0.717) is 6.04 Å². The fourth-order valence-electron chi connectivity index (χ4n) is 3.56. The van der Waals surface area contributed by atoms with Crippen LogP contribution in [0.15, 0.2) is 59.6 Å². The SMILES string of the molecule is CN=C(NCc1cccc(OC)c1)NCC1CCCN1Cc1ccccc1.I. The number of ether oxygens (including phenoxy) is 1. The van der Waals surface area contributed by atoms with E-state index < -0.39 is 0 Å². The van der Waals surface area contributed by atoms with Crippen molar-refractivity contribution in [3.05, 3.63) is 65.7 Å². The monoisotopic (exact) mass is 494 g/mol. The van der Waals surface area contributed by atoms with Gasteiger partial charge in [0.2, 0.25) is 0 Å². The standard InChI is InChI=1S/C22H30N4O.HI/c1-23-22(24-15-19-10-6-12-21(14-19)27-2)25-16-20-11-7-13-26(20)17-18-8-4-3-5-9-18;/h3-6,8-10,12,14,20H,7,11,13,15-17H2,1-2H3,(H2,23,24,25);1H. The first kappa shape index (κ1) is 22.5. The molecule has 1 fully saturated rings. The summed E-state index contributed by atoms with van der Waals surface area (Å²) in [4.78, 5) is 6.93. The van der Waals surface area contributed by atoms with Crippen molar-refractivity contribution in [2.45, 2.75) is 32.0 Å². The first-order chi connectivity index (χ1) is 13.3. The van der Waals surface area contributed by atoms with Crippen LogP contribution in [0.1, 0.15) is 24.0 Å². The zero-order valence-corrected chi connectivity index (χ0v) is 19.1. The van der Waals surface area contributed by atoms with E-state index in [0.717, 1.165) is 37.9 Å². The van der Waals surface area contributed by atoms with Gasteiger partial charge < -0.3 is 15.4 Å². The predicted octanol–water partition coefficient (Wildman–Crippen LogP) is 3.64. The molecule has 0 bridgehead atoms. The molecule has 0 aromatic heterocycles. The van der Waals surface area contributed by atoms with Gasteiger partial charge in [-0.25, -0.2) is 0 Å². The highest BCUT2D eigenvalue weighted by Crippen LogP contribution is 2.19. The Hall–Kier alpha value is -1.80. The van der Waals surface area contributed by atoms with E-state index in [1.807, 2.05) is 25.2 Å². The van der Waals surface area contributed by atoms with Crippen molar-refractivity contribution < 1.29 is 4.74 Å². The molecular weight excluding hydrogens is 463 g/mol. The van der Waals surface area contributed by atoms with Gasteiger partial charge in [0.1, 0.15) is 5.75 Å². The van der Waals surface area contributed by atoms with E-state index in [4.69, 9.17) is 4.74 Å². The van der Waals surface area contributed by atoms with Gasteiger partial charge in [-0.1, -0.05) is 42.5 Å². The Morgan fingerprint density at radius 1 is 1.11 bits per heavy atom. The summed E-state index contributed by atoms with van der Waals surface area (Å²) in [5, 5.41) is 6.88. The molecule has 1 aliphatic rings. The number of hydrogen-bond acceptors (Lipinski definition) is 3. The molecule has 1 saturated heterocycles. The topological polar surface area (TPSA) is 48.9 Å². The van der Waals surface area contributed by atoms with E-state index in [-0.39, 0.29) is 24.0 Å². The molecule has 0 aliphatic carbocycles. The molecule has 0 saturated carbocycles. The van der Waals surface area contributed by atoms with Crippen molar-refractivity contribution in [1.29, 1.82) is 0 Å². The molecule has 0 radical (unpaired) electrons. The molecule has 0 amide bonds. The van der Waals surface area contributed by atoms with E-state index in [1.54, 1.807) is 7.11 Å². The summed E-state index contributed by atoms with van der Waals surface area (Å²) in [5.41, 5.74) is 2.55. The maximum atomic E-state index is 5.28. The molecular formula is C22H31IN4O. The summed E-state index contributed by atoms with van der Waals surface area (Å²) in [7, 11) is 3.51. The van der Waals surface area contributed by atoms with Crippen LogP contribution < -0.4 is 15.4 Å². The van der Waals surface area contributed by atoms with Crippen LogP contribution in [0.4, 0.5) is 0 Å². The van der Waals surface area contributed by atoms with Crippen LogP contribution in [0.3, 0.4) is 0 Å². The van der Waals surface area contributed by atoms with E-state index >= 15 is 0 Å². The zero-order valence-electron chi connectivity index (χ0n) is 16.7. The summed E-state index contributed by atoms with van der Waals surface area (Å²) in [5.74, 6) is 1.71. The number of rotatable bonds is 7. The molecule has 5 nitrogen and oxygen atoms in total. The van der Waals surface area contributed by atoms with Gasteiger partial charge in [-0.05, 0) is 42.6 Å². The highest BCUT2D eigenvalue weighted by atomic mass is 127. The van der Waals surface area contributed by atoms with E-state index in [1.165, 1.54) is 24.0 Å². The zero-order chi connectivity index (χ0) is 18.9.